The van der Waals surface area contributed by atoms with E-state index in [4.69, 9.17) is 0 Å². The predicted molar refractivity (Wildman–Crippen MR) is 110 cm³/mol. The third-order valence-electron chi connectivity index (χ3n) is 5.57. The summed E-state index contributed by atoms with van der Waals surface area (Å²) < 4.78 is 0. The van der Waals surface area contributed by atoms with Crippen molar-refractivity contribution in [3.63, 3.8) is 0 Å². The second-order valence-electron chi connectivity index (χ2n) is 7.65. The topological polar surface area (TPSA) is 91.3 Å². The zero-order valence-electron chi connectivity index (χ0n) is 16.6. The fraction of sp³-hybridized carbons (Fsp3) is 0.550. The van der Waals surface area contributed by atoms with Gasteiger partial charge in [-0.25, -0.2) is 0 Å². The number of aryl methyl sites for hydroxylation is 1. The number of rotatable bonds is 6. The van der Waals surface area contributed by atoms with Crippen LogP contribution >= 0.6 is 11.3 Å². The lowest BCUT2D eigenvalue weighted by molar-refractivity contribution is -0.127. The Hall–Kier alpha value is -2.39. The summed E-state index contributed by atoms with van der Waals surface area (Å²) in [6.45, 7) is 5.22. The number of likely N-dealkylation sites (tertiary alicyclic amines) is 1. The largest absolute Gasteiger partial charge is 0.353 e. The Bertz CT molecular complexity index is 850. The summed E-state index contributed by atoms with van der Waals surface area (Å²) >= 11 is 1.43. The van der Waals surface area contributed by atoms with Gasteiger partial charge in [0, 0.05) is 51.0 Å². The van der Waals surface area contributed by atoms with Crippen LogP contribution in [0.15, 0.2) is 24.5 Å². The number of nitrogens with zero attached hydrogens (tertiary/aromatic N) is 5. The molecule has 2 aromatic heterocycles. The number of hydrogen-bond donors (Lipinski definition) is 1. The monoisotopic (exact) mass is 414 g/mol. The number of aromatic nitrogens is 3. The third kappa shape index (κ3) is 4.79. The third-order valence-corrected chi connectivity index (χ3v) is 6.67. The molecule has 1 atom stereocenters. The van der Waals surface area contributed by atoms with Gasteiger partial charge in [-0.2, -0.15) is 0 Å². The molecule has 2 fully saturated rings. The van der Waals surface area contributed by atoms with Crippen LogP contribution in [0.25, 0.3) is 0 Å². The maximum Gasteiger partial charge on any atom is 0.229 e. The van der Waals surface area contributed by atoms with E-state index in [2.05, 4.69) is 25.4 Å². The lowest BCUT2D eigenvalue weighted by Crippen LogP contribution is -2.46. The lowest BCUT2D eigenvalue weighted by atomic mass is 10.0. The van der Waals surface area contributed by atoms with Gasteiger partial charge in [0.2, 0.25) is 16.9 Å². The molecule has 8 nitrogen and oxygen atoms in total. The number of pyridine rings is 1. The van der Waals surface area contributed by atoms with Gasteiger partial charge in [-0.15, -0.1) is 10.2 Å². The molecule has 0 saturated carbocycles. The molecule has 2 aliphatic heterocycles. The summed E-state index contributed by atoms with van der Waals surface area (Å²) in [4.78, 5) is 33.2. The van der Waals surface area contributed by atoms with Gasteiger partial charge in [-0.05, 0) is 37.0 Å². The molecule has 29 heavy (non-hydrogen) atoms. The average Bonchev–Trinajstić information content (AvgIpc) is 3.36. The molecular formula is C20H26N6O2S. The van der Waals surface area contributed by atoms with Crippen molar-refractivity contribution >= 4 is 28.3 Å². The first-order valence-corrected chi connectivity index (χ1v) is 11.0. The summed E-state index contributed by atoms with van der Waals surface area (Å²) in [5.41, 5.74) is 1.26. The number of hydrogen-bond acceptors (Lipinski definition) is 7. The number of anilines is 1. The minimum atomic E-state index is -0.314. The van der Waals surface area contributed by atoms with E-state index in [1.54, 1.807) is 4.90 Å². The minimum absolute atomic E-state index is 0.0198. The second kappa shape index (κ2) is 8.96. The highest BCUT2D eigenvalue weighted by molar-refractivity contribution is 7.15. The summed E-state index contributed by atoms with van der Waals surface area (Å²) in [5, 5.41) is 12.9. The standard InChI is InChI=1S/C20H26N6O2S/c1-2-17-23-24-20(29-17)26-13-15(11-18(26)27)19(28)22-16-5-9-25(10-6-16)12-14-3-7-21-8-4-14/h3-4,7-8,15-16H,2,5-6,9-13H2,1H3,(H,22,28). The normalized spacial score (nSPS) is 20.9. The van der Waals surface area contributed by atoms with Gasteiger partial charge in [0.15, 0.2) is 0 Å². The first kappa shape index (κ1) is 19.9. The average molecular weight is 415 g/mol. The number of carbonyl (C=O) groups is 2. The SMILES string of the molecule is CCc1nnc(N2CC(C(=O)NC3CCN(Cc4ccncc4)CC3)CC2=O)s1. The van der Waals surface area contributed by atoms with E-state index in [1.165, 1.54) is 16.9 Å². The molecule has 1 N–H and O–H groups in total. The molecule has 0 spiro atoms. The van der Waals surface area contributed by atoms with Crippen LogP contribution in [0.3, 0.4) is 0 Å². The Balaban J connectivity index is 1.25. The van der Waals surface area contributed by atoms with Gasteiger partial charge >= 0.3 is 0 Å². The van der Waals surface area contributed by atoms with Crippen molar-refractivity contribution in [2.24, 2.45) is 5.92 Å². The van der Waals surface area contributed by atoms with Crippen LogP contribution in [0.4, 0.5) is 5.13 Å². The van der Waals surface area contributed by atoms with Crippen LogP contribution in [-0.2, 0) is 22.6 Å². The van der Waals surface area contributed by atoms with Crippen LogP contribution in [0.2, 0.25) is 0 Å². The fourth-order valence-electron chi connectivity index (χ4n) is 3.87. The van der Waals surface area contributed by atoms with Crippen molar-refractivity contribution < 1.29 is 9.59 Å². The van der Waals surface area contributed by atoms with E-state index in [9.17, 15) is 9.59 Å². The molecule has 0 radical (unpaired) electrons. The molecule has 154 valence electrons. The Morgan fingerprint density at radius 1 is 1.24 bits per heavy atom. The van der Waals surface area contributed by atoms with Crippen LogP contribution in [-0.4, -0.2) is 57.6 Å². The quantitative estimate of drug-likeness (QED) is 0.773. The first-order chi connectivity index (χ1) is 14.1. The van der Waals surface area contributed by atoms with Gasteiger partial charge in [0.05, 0.1) is 5.92 Å². The van der Waals surface area contributed by atoms with E-state index in [0.29, 0.717) is 11.7 Å². The van der Waals surface area contributed by atoms with Crippen LogP contribution in [0.1, 0.15) is 36.8 Å². The summed E-state index contributed by atoms with van der Waals surface area (Å²) in [6.07, 6.45) is 6.53. The van der Waals surface area contributed by atoms with Crippen molar-refractivity contribution in [2.75, 3.05) is 24.5 Å². The van der Waals surface area contributed by atoms with Crippen LogP contribution in [0.5, 0.6) is 0 Å². The molecule has 2 saturated heterocycles. The second-order valence-corrected chi connectivity index (χ2v) is 8.69. The van der Waals surface area contributed by atoms with Crippen molar-refractivity contribution in [2.45, 2.75) is 45.2 Å². The molecule has 0 aromatic carbocycles. The zero-order chi connectivity index (χ0) is 20.2. The molecule has 1 unspecified atom stereocenters. The number of carbonyl (C=O) groups excluding carboxylic acids is 2. The van der Waals surface area contributed by atoms with Crippen molar-refractivity contribution in [3.05, 3.63) is 35.1 Å². The van der Waals surface area contributed by atoms with Gasteiger partial charge in [-0.3, -0.25) is 24.4 Å². The van der Waals surface area contributed by atoms with Gasteiger partial charge < -0.3 is 5.32 Å². The molecule has 0 aliphatic carbocycles. The Kier molecular flexibility index (Phi) is 6.15. The molecule has 9 heteroatoms. The Morgan fingerprint density at radius 3 is 2.69 bits per heavy atom. The molecule has 2 aliphatic rings. The van der Waals surface area contributed by atoms with Crippen molar-refractivity contribution in [3.8, 4) is 0 Å². The van der Waals surface area contributed by atoms with Gasteiger partial charge in [0.25, 0.3) is 0 Å². The summed E-state index contributed by atoms with van der Waals surface area (Å²) in [7, 11) is 0. The fourth-order valence-corrected chi connectivity index (χ4v) is 4.67. The summed E-state index contributed by atoms with van der Waals surface area (Å²) in [5.74, 6) is -0.379. The highest BCUT2D eigenvalue weighted by atomic mass is 32.1. The molecule has 0 bridgehead atoms. The summed E-state index contributed by atoms with van der Waals surface area (Å²) in [6, 6.07) is 4.25. The van der Waals surface area contributed by atoms with E-state index in [1.807, 2.05) is 31.5 Å². The van der Waals surface area contributed by atoms with Gasteiger partial charge in [0.1, 0.15) is 5.01 Å². The smallest absolute Gasteiger partial charge is 0.229 e. The predicted octanol–water partition coefficient (Wildman–Crippen LogP) is 1.63. The van der Waals surface area contributed by atoms with Crippen LogP contribution in [0, 0.1) is 5.92 Å². The van der Waals surface area contributed by atoms with Gasteiger partial charge in [-0.1, -0.05) is 18.3 Å². The van der Waals surface area contributed by atoms with E-state index < -0.39 is 0 Å². The maximum atomic E-state index is 12.7. The highest BCUT2D eigenvalue weighted by Crippen LogP contribution is 2.28. The van der Waals surface area contributed by atoms with Crippen molar-refractivity contribution in [1.82, 2.24) is 25.4 Å². The first-order valence-electron chi connectivity index (χ1n) is 10.2. The molecular weight excluding hydrogens is 388 g/mol. The Labute approximate surface area is 174 Å². The van der Waals surface area contributed by atoms with E-state index >= 15 is 0 Å². The lowest BCUT2D eigenvalue weighted by Gasteiger charge is -2.32. The minimum Gasteiger partial charge on any atom is -0.353 e. The maximum absolute atomic E-state index is 12.7. The molecule has 4 heterocycles. The molecule has 2 aromatic rings. The number of piperidine rings is 1. The van der Waals surface area contributed by atoms with E-state index in [0.717, 1.165) is 43.9 Å². The zero-order valence-corrected chi connectivity index (χ0v) is 17.4. The van der Waals surface area contributed by atoms with Crippen LogP contribution < -0.4 is 10.2 Å². The Morgan fingerprint density at radius 2 is 2.00 bits per heavy atom. The van der Waals surface area contributed by atoms with E-state index in [-0.39, 0.29) is 30.2 Å². The molecule has 4 rings (SSSR count). The highest BCUT2D eigenvalue weighted by Gasteiger charge is 2.37. The molecule has 2 amide bonds. The van der Waals surface area contributed by atoms with Crippen molar-refractivity contribution in [1.29, 1.82) is 0 Å². The number of amides is 2. The number of nitrogens with one attached hydrogen (secondary N) is 1.